The number of hydrogen-bond acceptors (Lipinski definition) is 3. The van der Waals surface area contributed by atoms with Gasteiger partial charge in [0.15, 0.2) is 9.84 Å². The number of alkyl halides is 1. The minimum Gasteiger partial charge on any atom is -0.384 e. The van der Waals surface area contributed by atoms with Crippen LogP contribution in [0.15, 0.2) is 0 Å². The van der Waals surface area contributed by atoms with E-state index in [1.807, 2.05) is 0 Å². The molecule has 14 heavy (non-hydrogen) atoms. The molecule has 3 nitrogen and oxygen atoms in total. The molecule has 0 aromatic carbocycles. The summed E-state index contributed by atoms with van der Waals surface area (Å²) in [5.74, 6) is 0.890. The quantitative estimate of drug-likeness (QED) is 0.640. The van der Waals surface area contributed by atoms with E-state index in [1.165, 1.54) is 7.11 Å². The van der Waals surface area contributed by atoms with Crippen LogP contribution < -0.4 is 0 Å². The van der Waals surface area contributed by atoms with Crippen LogP contribution in [0.3, 0.4) is 0 Å². The van der Waals surface area contributed by atoms with E-state index in [4.69, 9.17) is 4.74 Å². The molecule has 0 aliphatic carbocycles. The Labute approximate surface area is 95.3 Å². The molecule has 0 amide bonds. The number of hydrogen-bond donors (Lipinski definition) is 0. The van der Waals surface area contributed by atoms with Crippen molar-refractivity contribution in [1.82, 2.24) is 0 Å². The summed E-state index contributed by atoms with van der Waals surface area (Å²) in [6.45, 7) is 2.38. The van der Waals surface area contributed by atoms with E-state index in [0.29, 0.717) is 12.5 Å². The van der Waals surface area contributed by atoms with Crippen LogP contribution in [0.2, 0.25) is 0 Å². The summed E-state index contributed by atoms with van der Waals surface area (Å²) >= 11 is 3.34. The van der Waals surface area contributed by atoms with Crippen LogP contribution in [0.25, 0.3) is 0 Å². The van der Waals surface area contributed by atoms with E-state index in [-0.39, 0.29) is 11.5 Å². The molecular weight excluding hydrogens is 268 g/mol. The summed E-state index contributed by atoms with van der Waals surface area (Å²) in [7, 11) is -1.38. The topological polar surface area (TPSA) is 43.4 Å². The van der Waals surface area contributed by atoms with Crippen molar-refractivity contribution in [1.29, 1.82) is 0 Å². The van der Waals surface area contributed by atoms with Crippen molar-refractivity contribution in [2.24, 2.45) is 5.92 Å². The smallest absolute Gasteiger partial charge is 0.152 e. The molecule has 0 fully saturated rings. The molecule has 0 N–H and O–H groups in total. The van der Waals surface area contributed by atoms with Crippen LogP contribution in [-0.4, -0.2) is 39.0 Å². The first-order valence-corrected chi connectivity index (χ1v) is 7.71. The Hall–Kier alpha value is 0.390. The highest BCUT2D eigenvalue weighted by Gasteiger charge is 2.12. The molecule has 0 aliphatic heterocycles. The van der Waals surface area contributed by atoms with Crippen LogP contribution >= 0.6 is 15.9 Å². The third kappa shape index (κ3) is 7.76. The van der Waals surface area contributed by atoms with Gasteiger partial charge in [-0.1, -0.05) is 22.9 Å². The fraction of sp³-hybridized carbons (Fsp3) is 1.00. The highest BCUT2D eigenvalue weighted by atomic mass is 79.9. The summed E-state index contributed by atoms with van der Waals surface area (Å²) in [5, 5.41) is 0.937. The van der Waals surface area contributed by atoms with Crippen molar-refractivity contribution in [3.8, 4) is 0 Å². The van der Waals surface area contributed by atoms with Gasteiger partial charge < -0.3 is 4.74 Å². The second-order valence-electron chi connectivity index (χ2n) is 3.52. The van der Waals surface area contributed by atoms with Crippen molar-refractivity contribution in [3.05, 3.63) is 0 Å². The zero-order valence-corrected chi connectivity index (χ0v) is 11.2. The minimum absolute atomic E-state index is 0.143. The predicted molar refractivity (Wildman–Crippen MR) is 62.7 cm³/mol. The third-order valence-corrected chi connectivity index (χ3v) is 4.23. The highest BCUT2D eigenvalue weighted by Crippen LogP contribution is 2.10. The van der Waals surface area contributed by atoms with Crippen molar-refractivity contribution in [2.45, 2.75) is 19.8 Å². The van der Waals surface area contributed by atoms with E-state index in [1.54, 1.807) is 0 Å². The molecule has 0 radical (unpaired) electrons. The first kappa shape index (κ1) is 14.4. The second-order valence-corrected chi connectivity index (χ2v) is 6.61. The Balaban J connectivity index is 3.75. The van der Waals surface area contributed by atoms with Crippen molar-refractivity contribution < 1.29 is 13.2 Å². The predicted octanol–water partition coefficient (Wildman–Crippen LogP) is 1.86. The summed E-state index contributed by atoms with van der Waals surface area (Å²) in [6, 6.07) is 0. The summed E-state index contributed by atoms with van der Waals surface area (Å²) in [4.78, 5) is 0. The van der Waals surface area contributed by atoms with Crippen LogP contribution in [-0.2, 0) is 14.6 Å². The van der Waals surface area contributed by atoms with Gasteiger partial charge in [0.1, 0.15) is 0 Å². The van der Waals surface area contributed by atoms with Crippen molar-refractivity contribution in [3.63, 3.8) is 0 Å². The lowest BCUT2D eigenvalue weighted by Crippen LogP contribution is -2.16. The average Bonchev–Trinajstić information content (AvgIpc) is 2.13. The fourth-order valence-corrected chi connectivity index (χ4v) is 3.19. The van der Waals surface area contributed by atoms with Gasteiger partial charge in [0.05, 0.1) is 18.1 Å². The summed E-state index contributed by atoms with van der Waals surface area (Å²) in [6.07, 6.45) is 1.78. The number of rotatable bonds is 8. The maximum Gasteiger partial charge on any atom is 0.152 e. The Bertz CT molecular complexity index is 226. The van der Waals surface area contributed by atoms with Gasteiger partial charge in [-0.05, 0) is 18.8 Å². The summed E-state index contributed by atoms with van der Waals surface area (Å²) in [5.41, 5.74) is 0. The molecule has 0 aromatic rings. The number of ether oxygens (including phenoxy) is 1. The SMILES string of the molecule is COCCS(=O)(=O)CCC(C)CCBr. The van der Waals surface area contributed by atoms with Gasteiger partial charge in [-0.15, -0.1) is 0 Å². The van der Waals surface area contributed by atoms with Gasteiger partial charge in [0, 0.05) is 12.4 Å². The van der Waals surface area contributed by atoms with Crippen LogP contribution in [0.5, 0.6) is 0 Å². The maximum atomic E-state index is 11.4. The molecule has 0 saturated carbocycles. The van der Waals surface area contributed by atoms with E-state index in [0.717, 1.165) is 18.2 Å². The Morgan fingerprint density at radius 1 is 1.29 bits per heavy atom. The second kappa shape index (κ2) is 7.65. The number of halogens is 1. The van der Waals surface area contributed by atoms with Gasteiger partial charge >= 0.3 is 0 Å². The lowest BCUT2D eigenvalue weighted by atomic mass is 10.1. The fourth-order valence-electron chi connectivity index (χ4n) is 1.02. The first-order valence-electron chi connectivity index (χ1n) is 4.77. The van der Waals surface area contributed by atoms with Gasteiger partial charge in [-0.25, -0.2) is 8.42 Å². The molecule has 0 bridgehead atoms. The standard InChI is InChI=1S/C9H19BrO3S/c1-9(3-5-10)4-7-14(11,12)8-6-13-2/h9H,3-8H2,1-2H3. The van der Waals surface area contributed by atoms with Crippen LogP contribution in [0.4, 0.5) is 0 Å². The summed E-state index contributed by atoms with van der Waals surface area (Å²) < 4.78 is 27.6. The Kier molecular flexibility index (Phi) is 7.86. The van der Waals surface area contributed by atoms with E-state index in [9.17, 15) is 8.42 Å². The highest BCUT2D eigenvalue weighted by molar-refractivity contribution is 9.09. The van der Waals surface area contributed by atoms with Crippen LogP contribution in [0, 0.1) is 5.92 Å². The molecule has 1 atom stereocenters. The largest absolute Gasteiger partial charge is 0.384 e. The Morgan fingerprint density at radius 3 is 2.43 bits per heavy atom. The lowest BCUT2D eigenvalue weighted by molar-refractivity contribution is 0.217. The molecule has 1 unspecified atom stereocenters. The molecule has 0 rings (SSSR count). The van der Waals surface area contributed by atoms with Gasteiger partial charge in [0.25, 0.3) is 0 Å². The molecule has 86 valence electrons. The molecule has 0 aliphatic rings. The van der Waals surface area contributed by atoms with Crippen molar-refractivity contribution in [2.75, 3.05) is 30.6 Å². The number of sulfone groups is 1. The van der Waals surface area contributed by atoms with E-state index < -0.39 is 9.84 Å². The average molecular weight is 287 g/mol. The molecule has 0 aromatic heterocycles. The molecule has 0 spiro atoms. The zero-order chi connectivity index (χ0) is 11.0. The minimum atomic E-state index is -2.90. The van der Waals surface area contributed by atoms with Gasteiger partial charge in [-0.2, -0.15) is 0 Å². The molecule has 0 heterocycles. The van der Waals surface area contributed by atoms with E-state index >= 15 is 0 Å². The third-order valence-electron chi connectivity index (χ3n) is 2.12. The zero-order valence-electron chi connectivity index (χ0n) is 8.83. The van der Waals surface area contributed by atoms with Crippen LogP contribution in [0.1, 0.15) is 19.8 Å². The lowest BCUT2D eigenvalue weighted by Gasteiger charge is -2.09. The Morgan fingerprint density at radius 2 is 1.93 bits per heavy atom. The number of methoxy groups -OCH3 is 1. The molecule has 0 saturated heterocycles. The van der Waals surface area contributed by atoms with E-state index in [2.05, 4.69) is 22.9 Å². The van der Waals surface area contributed by atoms with Gasteiger partial charge in [-0.3, -0.25) is 0 Å². The van der Waals surface area contributed by atoms with Gasteiger partial charge in [0.2, 0.25) is 0 Å². The van der Waals surface area contributed by atoms with Crippen molar-refractivity contribution >= 4 is 25.8 Å². The molecule has 5 heteroatoms. The first-order chi connectivity index (χ1) is 6.52. The monoisotopic (exact) mass is 286 g/mol. The molecular formula is C9H19BrO3S. The maximum absolute atomic E-state index is 11.4. The normalized spacial score (nSPS) is 14.2.